The highest BCUT2D eigenvalue weighted by atomic mass is 32.2. The maximum Gasteiger partial charge on any atom is 0.209 e. The highest BCUT2D eigenvalue weighted by molar-refractivity contribution is 7.88. The first-order valence-corrected chi connectivity index (χ1v) is 6.49. The van der Waals surface area contributed by atoms with Gasteiger partial charge in [-0.2, -0.15) is 0 Å². The molecule has 1 aromatic rings. The summed E-state index contributed by atoms with van der Waals surface area (Å²) < 4.78 is 24.2. The van der Waals surface area contributed by atoms with Gasteiger partial charge in [0, 0.05) is 6.04 Å². The third-order valence-corrected chi connectivity index (χ3v) is 2.81. The van der Waals surface area contributed by atoms with Gasteiger partial charge in [0.1, 0.15) is 0 Å². The maximum atomic E-state index is 11.0. The second-order valence-corrected chi connectivity index (χ2v) is 5.31. The number of sulfonamides is 1. The minimum Gasteiger partial charge on any atom is -0.387 e. The molecule has 0 amide bonds. The molecule has 0 spiro atoms. The molecule has 2 N–H and O–H groups in total. The van der Waals surface area contributed by atoms with Crippen molar-refractivity contribution in [3.05, 3.63) is 35.9 Å². The molecule has 0 aromatic heterocycles. The Kier molecular flexibility index (Phi) is 3.84. The SMILES string of the molecule is CC(NS(C)(=O)=O)C(O)c1ccccc1. The van der Waals surface area contributed by atoms with Gasteiger partial charge >= 0.3 is 0 Å². The predicted octanol–water partition coefficient (Wildman–Crippen LogP) is 0.658. The van der Waals surface area contributed by atoms with Gasteiger partial charge in [0.2, 0.25) is 10.0 Å². The third-order valence-electron chi connectivity index (χ3n) is 2.01. The summed E-state index contributed by atoms with van der Waals surface area (Å²) in [5.41, 5.74) is 0.696. The topological polar surface area (TPSA) is 66.4 Å². The summed E-state index contributed by atoms with van der Waals surface area (Å²) in [6, 6.07) is 8.40. The number of aliphatic hydroxyl groups excluding tert-OH is 1. The summed E-state index contributed by atoms with van der Waals surface area (Å²) in [7, 11) is -3.29. The lowest BCUT2D eigenvalue weighted by Gasteiger charge is -2.19. The number of aliphatic hydroxyl groups is 1. The van der Waals surface area contributed by atoms with E-state index in [0.717, 1.165) is 6.26 Å². The quantitative estimate of drug-likeness (QED) is 0.797. The van der Waals surface area contributed by atoms with Gasteiger partial charge in [-0.25, -0.2) is 13.1 Å². The van der Waals surface area contributed by atoms with Crippen molar-refractivity contribution in [3.63, 3.8) is 0 Å². The summed E-state index contributed by atoms with van der Waals surface area (Å²) in [5, 5.41) is 9.83. The van der Waals surface area contributed by atoms with E-state index in [2.05, 4.69) is 4.72 Å². The van der Waals surface area contributed by atoms with Crippen LogP contribution in [0.15, 0.2) is 30.3 Å². The number of nitrogens with one attached hydrogen (secondary N) is 1. The van der Waals surface area contributed by atoms with Crippen molar-refractivity contribution in [1.82, 2.24) is 4.72 Å². The molecule has 0 aliphatic heterocycles. The molecule has 5 heteroatoms. The fourth-order valence-corrected chi connectivity index (χ4v) is 2.15. The molecule has 0 radical (unpaired) electrons. The number of benzene rings is 1. The summed E-state index contributed by atoms with van der Waals surface area (Å²) >= 11 is 0. The van der Waals surface area contributed by atoms with Crippen molar-refractivity contribution in [2.75, 3.05) is 6.26 Å². The molecule has 15 heavy (non-hydrogen) atoms. The molecular weight excluding hydrogens is 214 g/mol. The van der Waals surface area contributed by atoms with Gasteiger partial charge in [0.05, 0.1) is 12.4 Å². The van der Waals surface area contributed by atoms with Crippen LogP contribution in [-0.4, -0.2) is 25.8 Å². The fourth-order valence-electron chi connectivity index (χ4n) is 1.34. The average Bonchev–Trinajstić information content (AvgIpc) is 2.15. The average molecular weight is 229 g/mol. The van der Waals surface area contributed by atoms with Gasteiger partial charge in [-0.15, -0.1) is 0 Å². The van der Waals surface area contributed by atoms with Crippen LogP contribution in [0.1, 0.15) is 18.6 Å². The highest BCUT2D eigenvalue weighted by Gasteiger charge is 2.18. The zero-order valence-corrected chi connectivity index (χ0v) is 9.53. The zero-order chi connectivity index (χ0) is 11.5. The minimum atomic E-state index is -3.29. The van der Waals surface area contributed by atoms with Crippen LogP contribution < -0.4 is 4.72 Å². The Morgan fingerprint density at radius 3 is 2.27 bits per heavy atom. The molecule has 1 aromatic carbocycles. The first-order chi connectivity index (χ1) is 6.90. The Hall–Kier alpha value is -0.910. The van der Waals surface area contributed by atoms with Gasteiger partial charge in [-0.05, 0) is 12.5 Å². The first kappa shape index (κ1) is 12.2. The van der Waals surface area contributed by atoms with Gasteiger partial charge in [-0.3, -0.25) is 0 Å². The van der Waals surface area contributed by atoms with E-state index in [1.807, 2.05) is 6.07 Å². The molecule has 2 unspecified atom stereocenters. The van der Waals surface area contributed by atoms with E-state index in [9.17, 15) is 13.5 Å². The summed E-state index contributed by atoms with van der Waals surface area (Å²) in [6.07, 6.45) is 0.238. The monoisotopic (exact) mass is 229 g/mol. The van der Waals surface area contributed by atoms with E-state index < -0.39 is 22.2 Å². The van der Waals surface area contributed by atoms with Crippen LogP contribution in [-0.2, 0) is 10.0 Å². The van der Waals surface area contributed by atoms with Crippen molar-refractivity contribution >= 4 is 10.0 Å². The van der Waals surface area contributed by atoms with Crippen LogP contribution in [0.2, 0.25) is 0 Å². The Labute approximate surface area is 90.0 Å². The lowest BCUT2D eigenvalue weighted by Crippen LogP contribution is -2.36. The third kappa shape index (κ3) is 3.99. The molecule has 4 nitrogen and oxygen atoms in total. The van der Waals surface area contributed by atoms with E-state index >= 15 is 0 Å². The van der Waals surface area contributed by atoms with E-state index in [4.69, 9.17) is 0 Å². The van der Waals surface area contributed by atoms with Gasteiger partial charge in [0.25, 0.3) is 0 Å². The Balaban J connectivity index is 2.73. The normalized spacial score (nSPS) is 15.9. The van der Waals surface area contributed by atoms with E-state index in [1.165, 1.54) is 0 Å². The molecule has 0 fully saturated rings. The lowest BCUT2D eigenvalue weighted by molar-refractivity contribution is 0.146. The molecule has 0 saturated heterocycles. The van der Waals surface area contributed by atoms with E-state index in [0.29, 0.717) is 5.56 Å². The van der Waals surface area contributed by atoms with Crippen LogP contribution in [0, 0.1) is 0 Å². The second kappa shape index (κ2) is 4.74. The molecule has 0 bridgehead atoms. The first-order valence-electron chi connectivity index (χ1n) is 4.60. The Morgan fingerprint density at radius 2 is 1.80 bits per heavy atom. The van der Waals surface area contributed by atoms with Crippen molar-refractivity contribution in [2.45, 2.75) is 19.1 Å². The lowest BCUT2D eigenvalue weighted by atomic mass is 10.0. The molecular formula is C10H15NO3S. The minimum absolute atomic E-state index is 0.539. The van der Waals surface area contributed by atoms with Gasteiger partial charge < -0.3 is 5.11 Å². The van der Waals surface area contributed by atoms with Crippen LogP contribution in [0.5, 0.6) is 0 Å². The van der Waals surface area contributed by atoms with Crippen molar-refractivity contribution in [3.8, 4) is 0 Å². The molecule has 1 rings (SSSR count). The fraction of sp³-hybridized carbons (Fsp3) is 0.400. The van der Waals surface area contributed by atoms with Crippen LogP contribution in [0.25, 0.3) is 0 Å². The number of hydrogen-bond acceptors (Lipinski definition) is 3. The molecule has 2 atom stereocenters. The number of rotatable bonds is 4. The molecule has 0 saturated carbocycles. The largest absolute Gasteiger partial charge is 0.387 e. The zero-order valence-electron chi connectivity index (χ0n) is 8.71. The van der Waals surface area contributed by atoms with E-state index in [-0.39, 0.29) is 0 Å². The number of hydrogen-bond donors (Lipinski definition) is 2. The molecule has 84 valence electrons. The summed E-state index contributed by atoms with van der Waals surface area (Å²) in [6.45, 7) is 1.62. The molecule has 0 aliphatic rings. The maximum absolute atomic E-state index is 11.0. The van der Waals surface area contributed by atoms with Crippen LogP contribution in [0.3, 0.4) is 0 Å². The van der Waals surface area contributed by atoms with Crippen LogP contribution >= 0.6 is 0 Å². The van der Waals surface area contributed by atoms with Gasteiger partial charge in [0.15, 0.2) is 0 Å². The van der Waals surface area contributed by atoms with Crippen molar-refractivity contribution < 1.29 is 13.5 Å². The Bertz CT molecular complexity index is 402. The second-order valence-electron chi connectivity index (χ2n) is 3.53. The molecule has 0 heterocycles. The predicted molar refractivity (Wildman–Crippen MR) is 58.8 cm³/mol. The van der Waals surface area contributed by atoms with Crippen molar-refractivity contribution in [1.29, 1.82) is 0 Å². The van der Waals surface area contributed by atoms with E-state index in [1.54, 1.807) is 31.2 Å². The Morgan fingerprint density at radius 1 is 1.27 bits per heavy atom. The summed E-state index contributed by atoms with van der Waals surface area (Å²) in [4.78, 5) is 0. The molecule has 0 aliphatic carbocycles. The summed E-state index contributed by atoms with van der Waals surface area (Å²) in [5.74, 6) is 0. The van der Waals surface area contributed by atoms with Crippen LogP contribution in [0.4, 0.5) is 0 Å². The standard InChI is InChI=1S/C10H15NO3S/c1-8(11-15(2,13)14)10(12)9-6-4-3-5-7-9/h3-8,10-12H,1-2H3. The highest BCUT2D eigenvalue weighted by Crippen LogP contribution is 2.16. The smallest absolute Gasteiger partial charge is 0.209 e. The van der Waals surface area contributed by atoms with Crippen molar-refractivity contribution in [2.24, 2.45) is 0 Å². The van der Waals surface area contributed by atoms with Gasteiger partial charge in [-0.1, -0.05) is 30.3 Å².